The fourth-order valence-corrected chi connectivity index (χ4v) is 2.19. The van der Waals surface area contributed by atoms with Gasteiger partial charge in [0.1, 0.15) is 6.07 Å². The highest BCUT2D eigenvalue weighted by Crippen LogP contribution is 2.28. The monoisotopic (exact) mass is 205 g/mol. The Morgan fingerprint density at radius 1 is 1.47 bits per heavy atom. The van der Waals surface area contributed by atoms with E-state index >= 15 is 0 Å². The lowest BCUT2D eigenvalue weighted by molar-refractivity contribution is 0.444. The van der Waals surface area contributed by atoms with Crippen molar-refractivity contribution in [2.45, 2.75) is 38.5 Å². The van der Waals surface area contributed by atoms with Crippen LogP contribution in [-0.4, -0.2) is 4.98 Å². The fraction of sp³-hybridized carbons (Fsp3) is 0.636. The minimum atomic E-state index is 0.152. The second-order valence-corrected chi connectivity index (χ2v) is 4.12. The maximum absolute atomic E-state index is 8.66. The molecular formula is C11H15N3O. The number of aromatic nitrogens is 1. The first-order chi connectivity index (χ1) is 7.29. The van der Waals surface area contributed by atoms with E-state index in [1.54, 1.807) is 0 Å². The molecule has 1 saturated carbocycles. The molecule has 0 spiro atoms. The molecule has 1 aromatic heterocycles. The Morgan fingerprint density at radius 3 is 2.80 bits per heavy atom. The van der Waals surface area contributed by atoms with Crippen LogP contribution < -0.4 is 5.73 Å². The number of aryl methyl sites for hydroxylation is 1. The van der Waals surface area contributed by atoms with Gasteiger partial charge in [-0.15, -0.1) is 0 Å². The van der Waals surface area contributed by atoms with E-state index in [9.17, 15) is 0 Å². The summed E-state index contributed by atoms with van der Waals surface area (Å²) in [6.45, 7) is 0. The number of nitrogens with two attached hydrogens (primary N) is 1. The van der Waals surface area contributed by atoms with Crippen molar-refractivity contribution in [1.82, 2.24) is 4.98 Å². The molecule has 0 aliphatic heterocycles. The van der Waals surface area contributed by atoms with Crippen molar-refractivity contribution in [3.63, 3.8) is 0 Å². The highest BCUT2D eigenvalue weighted by Gasteiger charge is 2.16. The molecule has 15 heavy (non-hydrogen) atoms. The number of oxazole rings is 1. The highest BCUT2D eigenvalue weighted by atomic mass is 16.4. The van der Waals surface area contributed by atoms with Gasteiger partial charge in [0.25, 0.3) is 0 Å². The third-order valence-electron chi connectivity index (χ3n) is 3.04. The average Bonchev–Trinajstić information content (AvgIpc) is 2.83. The molecule has 0 atom stereocenters. The first kappa shape index (κ1) is 10.0. The molecule has 4 nitrogen and oxygen atoms in total. The summed E-state index contributed by atoms with van der Waals surface area (Å²) < 4.78 is 5.21. The van der Waals surface area contributed by atoms with Gasteiger partial charge >= 0.3 is 0 Å². The Bertz CT molecular complexity index is 372. The van der Waals surface area contributed by atoms with Crippen molar-refractivity contribution in [2.75, 3.05) is 5.73 Å². The van der Waals surface area contributed by atoms with Gasteiger partial charge in [0.15, 0.2) is 5.89 Å². The molecule has 0 saturated heterocycles. The third-order valence-corrected chi connectivity index (χ3v) is 3.04. The normalized spacial score (nSPS) is 16.7. The van der Waals surface area contributed by atoms with Crippen LogP contribution in [-0.2, 0) is 6.42 Å². The van der Waals surface area contributed by atoms with Crippen molar-refractivity contribution in [2.24, 2.45) is 5.92 Å². The van der Waals surface area contributed by atoms with Gasteiger partial charge in [-0.3, -0.25) is 0 Å². The molecule has 1 aliphatic rings. The molecule has 80 valence electrons. The van der Waals surface area contributed by atoms with Crippen LogP contribution in [0.4, 0.5) is 5.88 Å². The number of nitrogen functional groups attached to an aromatic ring is 1. The number of rotatable bonds is 3. The number of anilines is 1. The summed E-state index contributed by atoms with van der Waals surface area (Å²) >= 11 is 0. The zero-order valence-electron chi connectivity index (χ0n) is 8.70. The summed E-state index contributed by atoms with van der Waals surface area (Å²) in [4.78, 5) is 4.04. The van der Waals surface area contributed by atoms with Gasteiger partial charge < -0.3 is 10.2 Å². The topological polar surface area (TPSA) is 75.8 Å². The summed E-state index contributed by atoms with van der Waals surface area (Å²) in [5.41, 5.74) is 5.70. The number of hydrogen-bond acceptors (Lipinski definition) is 4. The summed E-state index contributed by atoms with van der Waals surface area (Å²) in [7, 11) is 0. The van der Waals surface area contributed by atoms with Gasteiger partial charge in [-0.2, -0.15) is 5.26 Å². The molecule has 1 aromatic rings. The standard InChI is InChI=1S/C11H15N3O/c12-7-9-11(13)15-10(14-9)6-5-8-3-1-2-4-8/h8H,1-6,13H2. The summed E-state index contributed by atoms with van der Waals surface area (Å²) in [5.74, 6) is 1.57. The smallest absolute Gasteiger partial charge is 0.229 e. The van der Waals surface area contributed by atoms with E-state index in [1.165, 1.54) is 25.7 Å². The van der Waals surface area contributed by atoms with Crippen LogP contribution in [0.2, 0.25) is 0 Å². The van der Waals surface area contributed by atoms with Crippen LogP contribution in [0.1, 0.15) is 43.7 Å². The molecule has 0 aromatic carbocycles. The Labute approximate surface area is 89.1 Å². The number of nitrogens with zero attached hydrogens (tertiary/aromatic N) is 2. The van der Waals surface area contributed by atoms with Crippen molar-refractivity contribution in [3.05, 3.63) is 11.6 Å². The Kier molecular flexibility index (Phi) is 2.91. The van der Waals surface area contributed by atoms with Gasteiger partial charge in [-0.1, -0.05) is 25.7 Å². The van der Waals surface area contributed by atoms with Gasteiger partial charge in [-0.05, 0) is 12.3 Å². The van der Waals surface area contributed by atoms with Gasteiger partial charge in [-0.25, -0.2) is 4.98 Å². The summed E-state index contributed by atoms with van der Waals surface area (Å²) in [5, 5.41) is 8.66. The molecule has 0 unspecified atom stereocenters. The van der Waals surface area contributed by atoms with Crippen LogP contribution in [0.3, 0.4) is 0 Å². The molecule has 2 N–H and O–H groups in total. The van der Waals surface area contributed by atoms with E-state index in [0.29, 0.717) is 5.89 Å². The highest BCUT2D eigenvalue weighted by molar-refractivity contribution is 5.40. The van der Waals surface area contributed by atoms with E-state index in [0.717, 1.165) is 18.8 Å². The first-order valence-electron chi connectivity index (χ1n) is 5.45. The minimum absolute atomic E-state index is 0.152. The second-order valence-electron chi connectivity index (χ2n) is 4.12. The zero-order valence-corrected chi connectivity index (χ0v) is 8.70. The predicted octanol–water partition coefficient (Wildman–Crippen LogP) is 2.25. The Morgan fingerprint density at radius 2 is 2.20 bits per heavy atom. The van der Waals surface area contributed by atoms with E-state index in [2.05, 4.69) is 4.98 Å². The van der Waals surface area contributed by atoms with Crippen molar-refractivity contribution < 1.29 is 4.42 Å². The van der Waals surface area contributed by atoms with E-state index in [1.807, 2.05) is 6.07 Å². The molecule has 1 aliphatic carbocycles. The zero-order chi connectivity index (χ0) is 10.7. The van der Waals surface area contributed by atoms with Crippen molar-refractivity contribution in [1.29, 1.82) is 5.26 Å². The Balaban J connectivity index is 1.90. The predicted molar refractivity (Wildman–Crippen MR) is 55.9 cm³/mol. The largest absolute Gasteiger partial charge is 0.424 e. The quantitative estimate of drug-likeness (QED) is 0.821. The van der Waals surface area contributed by atoms with E-state index in [4.69, 9.17) is 15.4 Å². The lowest BCUT2D eigenvalue weighted by Crippen LogP contribution is -1.96. The number of hydrogen-bond donors (Lipinski definition) is 1. The lowest BCUT2D eigenvalue weighted by atomic mass is 10.0. The van der Waals surface area contributed by atoms with Gasteiger partial charge in [0.05, 0.1) is 0 Å². The molecule has 4 heteroatoms. The van der Waals surface area contributed by atoms with Crippen molar-refractivity contribution in [3.8, 4) is 6.07 Å². The Hall–Kier alpha value is -1.50. The SMILES string of the molecule is N#Cc1nc(CCC2CCCC2)oc1N. The van der Waals surface area contributed by atoms with Crippen LogP contribution in [0.5, 0.6) is 0 Å². The second kappa shape index (κ2) is 4.35. The van der Waals surface area contributed by atoms with E-state index in [-0.39, 0.29) is 11.6 Å². The van der Waals surface area contributed by atoms with E-state index < -0.39 is 0 Å². The van der Waals surface area contributed by atoms with Crippen LogP contribution in [0.25, 0.3) is 0 Å². The fourth-order valence-electron chi connectivity index (χ4n) is 2.19. The molecule has 1 heterocycles. The van der Waals surface area contributed by atoms with Crippen LogP contribution >= 0.6 is 0 Å². The lowest BCUT2D eigenvalue weighted by Gasteiger charge is -2.05. The first-order valence-corrected chi connectivity index (χ1v) is 5.45. The maximum atomic E-state index is 8.66. The van der Waals surface area contributed by atoms with Gasteiger partial charge in [0.2, 0.25) is 11.6 Å². The summed E-state index contributed by atoms with van der Waals surface area (Å²) in [6.07, 6.45) is 7.24. The maximum Gasteiger partial charge on any atom is 0.229 e. The molecule has 1 fully saturated rings. The minimum Gasteiger partial charge on any atom is -0.424 e. The molecule has 0 amide bonds. The van der Waals surface area contributed by atoms with Gasteiger partial charge in [0, 0.05) is 6.42 Å². The van der Waals surface area contributed by atoms with Crippen molar-refractivity contribution >= 4 is 5.88 Å². The van der Waals surface area contributed by atoms with Crippen LogP contribution in [0, 0.1) is 17.2 Å². The molecule has 0 radical (unpaired) electrons. The average molecular weight is 205 g/mol. The molecule has 0 bridgehead atoms. The third kappa shape index (κ3) is 2.30. The molecule has 2 rings (SSSR count). The molecular weight excluding hydrogens is 190 g/mol. The van der Waals surface area contributed by atoms with Crippen LogP contribution in [0.15, 0.2) is 4.42 Å². The summed E-state index contributed by atoms with van der Waals surface area (Å²) in [6, 6.07) is 1.91. The number of nitriles is 1.